The van der Waals surface area contributed by atoms with Crippen molar-refractivity contribution in [2.24, 2.45) is 5.92 Å². The Morgan fingerprint density at radius 3 is 2.15 bits per heavy atom. The van der Waals surface area contributed by atoms with Gasteiger partial charge in [-0.1, -0.05) is 49.6 Å². The summed E-state index contributed by atoms with van der Waals surface area (Å²) in [6.45, 7) is 2.91. The Bertz CT molecular complexity index is 474. The Morgan fingerprint density at radius 2 is 1.65 bits per heavy atom. The number of Topliss-reactive ketones (excluding diaryl/α,β-unsaturated/α-hetero) is 1. The molecule has 0 bridgehead atoms. The molecule has 3 heteroatoms. The second-order valence-electron chi connectivity index (χ2n) is 5.59. The van der Waals surface area contributed by atoms with Crippen LogP contribution in [0.1, 0.15) is 51.5 Å². The average molecular weight is 274 g/mol. The molecule has 108 valence electrons. The van der Waals surface area contributed by atoms with Crippen LogP contribution >= 0.6 is 0 Å². The van der Waals surface area contributed by atoms with Crippen LogP contribution in [0.15, 0.2) is 30.3 Å². The summed E-state index contributed by atoms with van der Waals surface area (Å²) in [6, 6.07) is 9.46. The van der Waals surface area contributed by atoms with Crippen LogP contribution < -0.4 is 0 Å². The molecule has 0 saturated heterocycles. The number of esters is 1. The molecule has 20 heavy (non-hydrogen) atoms. The zero-order chi connectivity index (χ0) is 14.6. The van der Waals surface area contributed by atoms with Crippen molar-refractivity contribution in [1.82, 2.24) is 0 Å². The van der Waals surface area contributed by atoms with E-state index in [1.807, 2.05) is 30.3 Å². The quantitative estimate of drug-likeness (QED) is 0.788. The van der Waals surface area contributed by atoms with Crippen molar-refractivity contribution < 1.29 is 14.3 Å². The Kier molecular flexibility index (Phi) is 4.58. The molecule has 0 spiro atoms. The van der Waals surface area contributed by atoms with Crippen LogP contribution in [0.2, 0.25) is 0 Å². The topological polar surface area (TPSA) is 43.4 Å². The highest BCUT2D eigenvalue weighted by Crippen LogP contribution is 2.43. The van der Waals surface area contributed by atoms with Gasteiger partial charge in [0, 0.05) is 18.4 Å². The van der Waals surface area contributed by atoms with Gasteiger partial charge in [0.05, 0.1) is 0 Å². The predicted octanol–water partition coefficient (Wildman–Crippen LogP) is 3.61. The normalized spacial score (nSPS) is 19.1. The van der Waals surface area contributed by atoms with Crippen LogP contribution in [-0.2, 0) is 19.9 Å². The Balaban J connectivity index is 2.49. The summed E-state index contributed by atoms with van der Waals surface area (Å²) in [6.07, 6.45) is 5.24. The Hall–Kier alpha value is -1.64. The van der Waals surface area contributed by atoms with Gasteiger partial charge < -0.3 is 4.74 Å². The first-order valence-corrected chi connectivity index (χ1v) is 7.33. The third-order valence-corrected chi connectivity index (χ3v) is 4.21. The zero-order valence-corrected chi connectivity index (χ0v) is 12.2. The summed E-state index contributed by atoms with van der Waals surface area (Å²) < 4.78 is 5.64. The van der Waals surface area contributed by atoms with Crippen molar-refractivity contribution in [3.8, 4) is 0 Å². The van der Waals surface area contributed by atoms with Crippen LogP contribution in [0.25, 0.3) is 0 Å². The SMILES string of the molecule is CC(=O)O[C@@](C(C)=O)(c1ccccc1)C1CCCCC1. The molecule has 0 heterocycles. The number of carbonyl (C=O) groups is 2. The van der Waals surface area contributed by atoms with Gasteiger partial charge >= 0.3 is 5.97 Å². The highest BCUT2D eigenvalue weighted by Gasteiger charge is 2.48. The number of carbonyl (C=O) groups excluding carboxylic acids is 2. The summed E-state index contributed by atoms with van der Waals surface area (Å²) in [4.78, 5) is 24.0. The van der Waals surface area contributed by atoms with E-state index < -0.39 is 11.6 Å². The molecule has 0 aromatic heterocycles. The molecule has 0 unspecified atom stereocenters. The summed E-state index contributed by atoms with van der Waals surface area (Å²) in [5.74, 6) is -0.388. The van der Waals surface area contributed by atoms with Crippen molar-refractivity contribution in [2.45, 2.75) is 51.6 Å². The number of hydrogen-bond donors (Lipinski definition) is 0. The van der Waals surface area contributed by atoms with Gasteiger partial charge in [-0.05, 0) is 19.8 Å². The Labute approximate surface area is 120 Å². The lowest BCUT2D eigenvalue weighted by Crippen LogP contribution is -2.46. The summed E-state index contributed by atoms with van der Waals surface area (Å²) in [7, 11) is 0. The first-order valence-electron chi connectivity index (χ1n) is 7.33. The van der Waals surface area contributed by atoms with E-state index >= 15 is 0 Å². The molecule has 0 aliphatic heterocycles. The minimum Gasteiger partial charge on any atom is -0.446 e. The molecule has 0 N–H and O–H groups in total. The molecule has 1 fully saturated rings. The molecule has 0 radical (unpaired) electrons. The van der Waals surface area contributed by atoms with E-state index in [1.54, 1.807) is 0 Å². The first kappa shape index (κ1) is 14.8. The summed E-state index contributed by atoms with van der Waals surface area (Å²) in [5.41, 5.74) is -0.303. The third-order valence-electron chi connectivity index (χ3n) is 4.21. The van der Waals surface area contributed by atoms with Crippen molar-refractivity contribution in [3.05, 3.63) is 35.9 Å². The lowest BCUT2D eigenvalue weighted by molar-refractivity contribution is -0.175. The van der Waals surface area contributed by atoms with Crippen molar-refractivity contribution in [1.29, 1.82) is 0 Å². The predicted molar refractivity (Wildman–Crippen MR) is 77.1 cm³/mol. The third kappa shape index (κ3) is 2.77. The van der Waals surface area contributed by atoms with Gasteiger partial charge in [-0.15, -0.1) is 0 Å². The Morgan fingerprint density at radius 1 is 1.05 bits per heavy atom. The summed E-state index contributed by atoms with van der Waals surface area (Å²) in [5, 5.41) is 0. The molecule has 1 aliphatic carbocycles. The van der Waals surface area contributed by atoms with Gasteiger partial charge in [-0.25, -0.2) is 0 Å². The zero-order valence-electron chi connectivity index (χ0n) is 12.2. The minimum atomic E-state index is -1.10. The van der Waals surface area contributed by atoms with Gasteiger partial charge in [0.15, 0.2) is 11.4 Å². The minimum absolute atomic E-state index is 0.0780. The highest BCUT2D eigenvalue weighted by molar-refractivity contribution is 5.89. The van der Waals surface area contributed by atoms with Crippen LogP contribution in [0.3, 0.4) is 0 Å². The van der Waals surface area contributed by atoms with E-state index in [1.165, 1.54) is 20.3 Å². The molecule has 3 nitrogen and oxygen atoms in total. The van der Waals surface area contributed by atoms with Gasteiger partial charge in [0.1, 0.15) is 0 Å². The number of ether oxygens (including phenoxy) is 1. The van der Waals surface area contributed by atoms with Crippen LogP contribution in [0.5, 0.6) is 0 Å². The second kappa shape index (κ2) is 6.21. The maximum Gasteiger partial charge on any atom is 0.303 e. The molecule has 0 amide bonds. The fourth-order valence-corrected chi connectivity index (χ4v) is 3.36. The monoisotopic (exact) mass is 274 g/mol. The molecule has 1 aliphatic rings. The molecule has 1 aromatic rings. The first-order chi connectivity index (χ1) is 9.57. The second-order valence-corrected chi connectivity index (χ2v) is 5.59. The summed E-state index contributed by atoms with van der Waals surface area (Å²) >= 11 is 0. The molecule has 1 aromatic carbocycles. The molecular weight excluding hydrogens is 252 g/mol. The van der Waals surface area contributed by atoms with Crippen LogP contribution in [0, 0.1) is 5.92 Å². The maximum absolute atomic E-state index is 12.4. The molecular formula is C17H22O3. The van der Waals surface area contributed by atoms with Crippen molar-refractivity contribution >= 4 is 11.8 Å². The van der Waals surface area contributed by atoms with Gasteiger partial charge in [-0.3, -0.25) is 9.59 Å². The van der Waals surface area contributed by atoms with Crippen LogP contribution in [-0.4, -0.2) is 11.8 Å². The van der Waals surface area contributed by atoms with Gasteiger partial charge in [0.2, 0.25) is 0 Å². The van der Waals surface area contributed by atoms with E-state index in [0.29, 0.717) is 0 Å². The fraction of sp³-hybridized carbons (Fsp3) is 0.529. The molecule has 1 atom stereocenters. The molecule has 1 saturated carbocycles. The van der Waals surface area contributed by atoms with Gasteiger partial charge in [-0.2, -0.15) is 0 Å². The van der Waals surface area contributed by atoms with Crippen molar-refractivity contribution in [2.75, 3.05) is 0 Å². The lowest BCUT2D eigenvalue weighted by atomic mass is 9.71. The van der Waals surface area contributed by atoms with E-state index in [9.17, 15) is 9.59 Å². The van der Waals surface area contributed by atoms with Crippen molar-refractivity contribution in [3.63, 3.8) is 0 Å². The number of benzene rings is 1. The lowest BCUT2D eigenvalue weighted by Gasteiger charge is -2.40. The molecule has 2 rings (SSSR count). The van der Waals surface area contributed by atoms with E-state index in [0.717, 1.165) is 31.2 Å². The van der Waals surface area contributed by atoms with Crippen LogP contribution in [0.4, 0.5) is 0 Å². The number of rotatable bonds is 4. The number of hydrogen-bond acceptors (Lipinski definition) is 3. The highest BCUT2D eigenvalue weighted by atomic mass is 16.6. The largest absolute Gasteiger partial charge is 0.446 e. The van der Waals surface area contributed by atoms with E-state index in [4.69, 9.17) is 4.74 Å². The number of ketones is 1. The smallest absolute Gasteiger partial charge is 0.303 e. The fourth-order valence-electron chi connectivity index (χ4n) is 3.36. The standard InChI is InChI=1S/C17H22O3/c1-13(18)17(20-14(2)19,15-9-5-3-6-10-15)16-11-7-4-8-12-16/h3,5-6,9-10,16H,4,7-8,11-12H2,1-2H3/t17-/m0/s1. The van der Waals surface area contributed by atoms with Gasteiger partial charge in [0.25, 0.3) is 0 Å². The maximum atomic E-state index is 12.4. The average Bonchev–Trinajstić information content (AvgIpc) is 2.46. The van der Waals surface area contributed by atoms with E-state index in [-0.39, 0.29) is 11.7 Å². The van der Waals surface area contributed by atoms with E-state index in [2.05, 4.69) is 0 Å².